The van der Waals surface area contributed by atoms with Crippen molar-refractivity contribution in [2.45, 2.75) is 39.8 Å². The van der Waals surface area contributed by atoms with Gasteiger partial charge in [-0.15, -0.1) is 11.3 Å². The van der Waals surface area contributed by atoms with E-state index < -0.39 is 0 Å². The number of hydrogen-bond donors (Lipinski definition) is 1. The number of aromatic nitrogens is 2. The van der Waals surface area contributed by atoms with Gasteiger partial charge in [0.1, 0.15) is 0 Å². The van der Waals surface area contributed by atoms with Gasteiger partial charge in [-0.2, -0.15) is 5.10 Å². The molecule has 0 aliphatic heterocycles. The molecule has 0 bridgehead atoms. The van der Waals surface area contributed by atoms with Gasteiger partial charge in [-0.3, -0.25) is 4.68 Å². The number of nitrogens with one attached hydrogen (secondary N) is 1. The molecule has 1 unspecified atom stereocenters. The van der Waals surface area contributed by atoms with E-state index in [0.29, 0.717) is 6.04 Å². The first-order valence-electron chi connectivity index (χ1n) is 6.50. The van der Waals surface area contributed by atoms with E-state index in [9.17, 15) is 0 Å². The minimum absolute atomic E-state index is 0.326. The Bertz CT molecular complexity index is 559. The molecule has 3 nitrogen and oxygen atoms in total. The summed E-state index contributed by atoms with van der Waals surface area (Å²) < 4.78 is 1.95. The highest BCUT2D eigenvalue weighted by atomic mass is 35.5. The van der Waals surface area contributed by atoms with Crippen LogP contribution >= 0.6 is 22.9 Å². The summed E-state index contributed by atoms with van der Waals surface area (Å²) >= 11 is 7.83. The van der Waals surface area contributed by atoms with Crippen molar-refractivity contribution in [3.8, 4) is 0 Å². The SMILES string of the molecule is CCC(NCc1sccc1Cl)c1c(C)nn(C)c1C. The summed E-state index contributed by atoms with van der Waals surface area (Å²) in [5.74, 6) is 0. The molecule has 2 aromatic rings. The Morgan fingerprint density at radius 2 is 2.21 bits per heavy atom. The molecule has 0 aliphatic rings. The molecule has 0 aliphatic carbocycles. The van der Waals surface area contributed by atoms with Crippen LogP contribution in [0.4, 0.5) is 0 Å². The second-order valence-electron chi connectivity index (χ2n) is 4.74. The maximum Gasteiger partial charge on any atom is 0.0644 e. The lowest BCUT2D eigenvalue weighted by Gasteiger charge is -2.17. The number of aryl methyl sites for hydroxylation is 2. The van der Waals surface area contributed by atoms with E-state index in [2.05, 4.69) is 31.2 Å². The van der Waals surface area contributed by atoms with E-state index in [-0.39, 0.29) is 0 Å². The molecule has 2 aromatic heterocycles. The number of nitrogens with zero attached hydrogens (tertiary/aromatic N) is 2. The summed E-state index contributed by atoms with van der Waals surface area (Å²) in [6.45, 7) is 7.20. The van der Waals surface area contributed by atoms with Crippen molar-refractivity contribution in [2.75, 3.05) is 0 Å². The van der Waals surface area contributed by atoms with Crippen LogP contribution < -0.4 is 5.32 Å². The average Bonchev–Trinajstić information content (AvgIpc) is 2.88. The fourth-order valence-electron chi connectivity index (χ4n) is 2.41. The first kappa shape index (κ1) is 14.6. The highest BCUT2D eigenvalue weighted by Gasteiger charge is 2.18. The van der Waals surface area contributed by atoms with Gasteiger partial charge in [0, 0.05) is 35.8 Å². The Balaban J connectivity index is 2.14. The van der Waals surface area contributed by atoms with Gasteiger partial charge in [0.2, 0.25) is 0 Å². The van der Waals surface area contributed by atoms with Crippen LogP contribution in [-0.4, -0.2) is 9.78 Å². The monoisotopic (exact) mass is 297 g/mol. The lowest BCUT2D eigenvalue weighted by atomic mass is 10.0. The normalized spacial score (nSPS) is 12.9. The molecule has 104 valence electrons. The van der Waals surface area contributed by atoms with Gasteiger partial charge in [0.15, 0.2) is 0 Å². The molecule has 1 N–H and O–H groups in total. The number of halogens is 1. The molecule has 2 heterocycles. The third-order valence-electron chi connectivity index (χ3n) is 3.52. The van der Waals surface area contributed by atoms with E-state index in [4.69, 9.17) is 11.6 Å². The van der Waals surface area contributed by atoms with Gasteiger partial charge in [-0.05, 0) is 31.7 Å². The van der Waals surface area contributed by atoms with Crippen molar-refractivity contribution >= 4 is 22.9 Å². The van der Waals surface area contributed by atoms with Crippen molar-refractivity contribution in [1.82, 2.24) is 15.1 Å². The van der Waals surface area contributed by atoms with Crippen LogP contribution in [0.1, 0.15) is 41.2 Å². The molecular weight excluding hydrogens is 278 g/mol. The van der Waals surface area contributed by atoms with Gasteiger partial charge >= 0.3 is 0 Å². The van der Waals surface area contributed by atoms with Crippen LogP contribution in [0.15, 0.2) is 11.4 Å². The Hall–Kier alpha value is -0.840. The van der Waals surface area contributed by atoms with Crippen LogP contribution in [-0.2, 0) is 13.6 Å². The van der Waals surface area contributed by atoms with Crippen molar-refractivity contribution in [3.63, 3.8) is 0 Å². The highest BCUT2D eigenvalue weighted by Crippen LogP contribution is 2.26. The first-order chi connectivity index (χ1) is 9.04. The van der Waals surface area contributed by atoms with Crippen molar-refractivity contribution in [2.24, 2.45) is 7.05 Å². The number of thiophene rings is 1. The molecule has 0 saturated heterocycles. The Morgan fingerprint density at radius 1 is 1.47 bits per heavy atom. The highest BCUT2D eigenvalue weighted by molar-refractivity contribution is 7.10. The van der Waals surface area contributed by atoms with E-state index in [0.717, 1.165) is 23.7 Å². The quantitative estimate of drug-likeness (QED) is 0.904. The standard InChI is InChI=1S/C14H20ClN3S/c1-5-12(14-9(2)17-18(4)10(14)3)16-8-13-11(15)6-7-19-13/h6-7,12,16H,5,8H2,1-4H3. The lowest BCUT2D eigenvalue weighted by Crippen LogP contribution is -2.21. The van der Waals surface area contributed by atoms with E-state index in [1.807, 2.05) is 23.2 Å². The smallest absolute Gasteiger partial charge is 0.0644 e. The molecule has 0 radical (unpaired) electrons. The van der Waals surface area contributed by atoms with Crippen LogP contribution in [0.3, 0.4) is 0 Å². The minimum atomic E-state index is 0.326. The minimum Gasteiger partial charge on any atom is -0.305 e. The van der Waals surface area contributed by atoms with Gasteiger partial charge in [0.25, 0.3) is 0 Å². The summed E-state index contributed by atoms with van der Waals surface area (Å²) in [6, 6.07) is 2.27. The zero-order valence-electron chi connectivity index (χ0n) is 11.8. The molecule has 0 spiro atoms. The topological polar surface area (TPSA) is 29.9 Å². The molecule has 1 atom stereocenters. The van der Waals surface area contributed by atoms with E-state index in [1.54, 1.807) is 11.3 Å². The summed E-state index contributed by atoms with van der Waals surface area (Å²) in [6.07, 6.45) is 1.04. The predicted octanol–water partition coefficient (Wildman–Crippen LogP) is 3.99. The second kappa shape index (κ2) is 6.07. The van der Waals surface area contributed by atoms with Crippen molar-refractivity contribution < 1.29 is 0 Å². The van der Waals surface area contributed by atoms with Gasteiger partial charge in [-0.1, -0.05) is 18.5 Å². The summed E-state index contributed by atoms with van der Waals surface area (Å²) in [7, 11) is 1.99. The van der Waals surface area contributed by atoms with Crippen LogP contribution in [0.2, 0.25) is 5.02 Å². The third-order valence-corrected chi connectivity index (χ3v) is 4.91. The Kier molecular flexibility index (Phi) is 4.66. The lowest BCUT2D eigenvalue weighted by molar-refractivity contribution is 0.517. The molecular formula is C14H20ClN3S. The maximum absolute atomic E-state index is 6.13. The summed E-state index contributed by atoms with van der Waals surface area (Å²) in [5.41, 5.74) is 3.66. The summed E-state index contributed by atoms with van der Waals surface area (Å²) in [5, 5.41) is 11.0. The van der Waals surface area contributed by atoms with Gasteiger partial charge in [-0.25, -0.2) is 0 Å². The van der Waals surface area contributed by atoms with Crippen molar-refractivity contribution in [1.29, 1.82) is 0 Å². The second-order valence-corrected chi connectivity index (χ2v) is 6.15. The summed E-state index contributed by atoms with van der Waals surface area (Å²) in [4.78, 5) is 1.19. The zero-order chi connectivity index (χ0) is 14.0. The van der Waals surface area contributed by atoms with Crippen LogP contribution in [0, 0.1) is 13.8 Å². The maximum atomic E-state index is 6.13. The molecule has 0 aromatic carbocycles. The van der Waals surface area contributed by atoms with Crippen LogP contribution in [0.25, 0.3) is 0 Å². The molecule has 2 rings (SSSR count). The van der Waals surface area contributed by atoms with E-state index >= 15 is 0 Å². The Labute approximate surface area is 123 Å². The van der Waals surface area contributed by atoms with E-state index in [1.165, 1.54) is 16.1 Å². The molecule has 0 fully saturated rings. The van der Waals surface area contributed by atoms with Crippen molar-refractivity contribution in [3.05, 3.63) is 38.3 Å². The number of hydrogen-bond acceptors (Lipinski definition) is 3. The molecule has 0 saturated carbocycles. The fourth-order valence-corrected chi connectivity index (χ4v) is 3.47. The average molecular weight is 298 g/mol. The molecule has 5 heteroatoms. The third kappa shape index (κ3) is 3.02. The number of rotatable bonds is 5. The molecule has 19 heavy (non-hydrogen) atoms. The Morgan fingerprint density at radius 3 is 2.68 bits per heavy atom. The van der Waals surface area contributed by atoms with Crippen LogP contribution in [0.5, 0.6) is 0 Å². The zero-order valence-corrected chi connectivity index (χ0v) is 13.4. The van der Waals surface area contributed by atoms with Gasteiger partial charge in [0.05, 0.1) is 10.7 Å². The predicted molar refractivity (Wildman–Crippen MR) is 81.9 cm³/mol. The van der Waals surface area contributed by atoms with Gasteiger partial charge < -0.3 is 5.32 Å². The molecule has 0 amide bonds. The largest absolute Gasteiger partial charge is 0.305 e. The fraction of sp³-hybridized carbons (Fsp3) is 0.500. The first-order valence-corrected chi connectivity index (χ1v) is 7.75.